The normalized spacial score (nSPS) is 10.4. The molecule has 0 atom stereocenters. The summed E-state index contributed by atoms with van der Waals surface area (Å²) in [4.78, 5) is 22.6. The molecular formula is C14H11F2NO4. The highest BCUT2D eigenvalue weighted by Crippen LogP contribution is 2.15. The first-order valence-corrected chi connectivity index (χ1v) is 5.94. The summed E-state index contributed by atoms with van der Waals surface area (Å²) in [5, 5.41) is 11.2. The molecule has 0 aliphatic rings. The van der Waals surface area contributed by atoms with Gasteiger partial charge in [-0.2, -0.15) is 0 Å². The van der Waals surface area contributed by atoms with E-state index in [9.17, 15) is 18.4 Å². The molecule has 2 rings (SSSR count). The Bertz CT molecular complexity index is 709. The van der Waals surface area contributed by atoms with Crippen LogP contribution in [0.5, 0.6) is 0 Å². The second-order valence-electron chi connectivity index (χ2n) is 4.29. The fourth-order valence-corrected chi connectivity index (χ4v) is 1.78. The number of hydrogen-bond acceptors (Lipinski definition) is 3. The van der Waals surface area contributed by atoms with Crippen LogP contribution in [-0.4, -0.2) is 17.0 Å². The van der Waals surface area contributed by atoms with Gasteiger partial charge in [-0.25, -0.2) is 13.6 Å². The van der Waals surface area contributed by atoms with Gasteiger partial charge < -0.3 is 14.8 Å². The van der Waals surface area contributed by atoms with Gasteiger partial charge in [0.25, 0.3) is 5.91 Å². The molecule has 7 heteroatoms. The van der Waals surface area contributed by atoms with Gasteiger partial charge in [-0.1, -0.05) is 0 Å². The summed E-state index contributed by atoms with van der Waals surface area (Å²) in [5.74, 6) is -3.15. The van der Waals surface area contributed by atoms with Crippen LogP contribution in [0.4, 0.5) is 8.78 Å². The third kappa shape index (κ3) is 3.25. The maximum absolute atomic E-state index is 13.4. The van der Waals surface area contributed by atoms with Crippen molar-refractivity contribution in [2.75, 3.05) is 0 Å². The second-order valence-corrected chi connectivity index (χ2v) is 4.29. The van der Waals surface area contributed by atoms with E-state index in [0.29, 0.717) is 0 Å². The Kier molecular flexibility index (Phi) is 4.02. The van der Waals surface area contributed by atoms with Gasteiger partial charge in [-0.15, -0.1) is 0 Å². The van der Waals surface area contributed by atoms with E-state index in [-0.39, 0.29) is 23.6 Å². The van der Waals surface area contributed by atoms with E-state index >= 15 is 0 Å². The van der Waals surface area contributed by atoms with Crippen LogP contribution in [0, 0.1) is 18.6 Å². The third-order valence-corrected chi connectivity index (χ3v) is 2.80. The first kappa shape index (κ1) is 14.7. The van der Waals surface area contributed by atoms with Crippen molar-refractivity contribution in [2.45, 2.75) is 13.5 Å². The number of rotatable bonds is 4. The Hall–Kier alpha value is -2.70. The molecular weight excluding hydrogens is 284 g/mol. The van der Waals surface area contributed by atoms with Crippen molar-refractivity contribution in [1.82, 2.24) is 5.32 Å². The van der Waals surface area contributed by atoms with Crippen LogP contribution in [0.25, 0.3) is 0 Å². The monoisotopic (exact) mass is 295 g/mol. The standard InChI is InChI=1S/C14H11F2NO4/c1-7-10(14(19)20)5-9(21-7)6-17-13(18)11-4-8(15)2-3-12(11)16/h2-5H,6H2,1H3,(H,17,18)(H,19,20). The third-order valence-electron chi connectivity index (χ3n) is 2.80. The van der Waals surface area contributed by atoms with Crippen LogP contribution in [0.3, 0.4) is 0 Å². The summed E-state index contributed by atoms with van der Waals surface area (Å²) in [6, 6.07) is 3.80. The maximum atomic E-state index is 13.4. The Balaban J connectivity index is 2.09. The highest BCUT2D eigenvalue weighted by Gasteiger charge is 2.16. The molecule has 1 aromatic carbocycles. The van der Waals surface area contributed by atoms with Crippen molar-refractivity contribution in [3.8, 4) is 0 Å². The van der Waals surface area contributed by atoms with Crippen LogP contribution < -0.4 is 5.32 Å². The molecule has 2 N–H and O–H groups in total. The zero-order chi connectivity index (χ0) is 15.6. The van der Waals surface area contributed by atoms with Crippen LogP contribution in [0.1, 0.15) is 32.2 Å². The lowest BCUT2D eigenvalue weighted by Gasteiger charge is -2.04. The summed E-state index contributed by atoms with van der Waals surface area (Å²) in [5.41, 5.74) is -0.451. The number of benzene rings is 1. The number of furan rings is 1. The van der Waals surface area contributed by atoms with E-state index < -0.39 is 29.1 Å². The number of aryl methyl sites for hydroxylation is 1. The molecule has 0 bridgehead atoms. The quantitative estimate of drug-likeness (QED) is 0.908. The lowest BCUT2D eigenvalue weighted by atomic mass is 10.2. The van der Waals surface area contributed by atoms with E-state index in [1.165, 1.54) is 13.0 Å². The highest BCUT2D eigenvalue weighted by atomic mass is 19.1. The van der Waals surface area contributed by atoms with Gasteiger partial charge in [0.15, 0.2) is 0 Å². The van der Waals surface area contributed by atoms with Crippen LogP contribution in [0.15, 0.2) is 28.7 Å². The molecule has 0 spiro atoms. The Labute approximate surface area is 118 Å². The predicted octanol–water partition coefficient (Wildman–Crippen LogP) is 2.49. The van der Waals surface area contributed by atoms with Gasteiger partial charge in [-0.05, 0) is 31.2 Å². The number of carbonyl (C=O) groups excluding carboxylic acids is 1. The molecule has 5 nitrogen and oxygen atoms in total. The van der Waals surface area contributed by atoms with Crippen LogP contribution in [-0.2, 0) is 6.54 Å². The summed E-state index contributed by atoms with van der Waals surface area (Å²) in [6.45, 7) is 1.34. The van der Waals surface area contributed by atoms with Crippen molar-refractivity contribution >= 4 is 11.9 Å². The summed E-state index contributed by atoms with van der Waals surface area (Å²) in [6.07, 6.45) is 0. The molecule has 21 heavy (non-hydrogen) atoms. The van der Waals surface area contributed by atoms with Gasteiger partial charge >= 0.3 is 5.97 Å². The number of hydrogen-bond donors (Lipinski definition) is 2. The van der Waals surface area contributed by atoms with E-state index in [1.807, 2.05) is 0 Å². The largest absolute Gasteiger partial charge is 0.478 e. The zero-order valence-corrected chi connectivity index (χ0v) is 10.9. The van der Waals surface area contributed by atoms with Crippen molar-refractivity contribution in [2.24, 2.45) is 0 Å². The Morgan fingerprint density at radius 2 is 1.95 bits per heavy atom. The van der Waals surface area contributed by atoms with E-state index in [1.54, 1.807) is 0 Å². The Morgan fingerprint density at radius 3 is 2.57 bits per heavy atom. The minimum absolute atomic E-state index is 0.0174. The molecule has 1 aromatic heterocycles. The first-order valence-electron chi connectivity index (χ1n) is 5.94. The van der Waals surface area contributed by atoms with Gasteiger partial charge in [-0.3, -0.25) is 4.79 Å². The summed E-state index contributed by atoms with van der Waals surface area (Å²) in [7, 11) is 0. The fourth-order valence-electron chi connectivity index (χ4n) is 1.78. The van der Waals surface area contributed by atoms with Crippen molar-refractivity contribution in [3.05, 3.63) is 58.5 Å². The predicted molar refractivity (Wildman–Crippen MR) is 67.9 cm³/mol. The zero-order valence-electron chi connectivity index (χ0n) is 10.9. The van der Waals surface area contributed by atoms with E-state index in [4.69, 9.17) is 9.52 Å². The molecule has 0 radical (unpaired) electrons. The molecule has 1 heterocycles. The number of aromatic carboxylic acids is 1. The molecule has 1 amide bonds. The lowest BCUT2D eigenvalue weighted by Crippen LogP contribution is -2.23. The van der Waals surface area contributed by atoms with Gasteiger partial charge in [0.2, 0.25) is 0 Å². The molecule has 110 valence electrons. The lowest BCUT2D eigenvalue weighted by molar-refractivity contribution is 0.0694. The van der Waals surface area contributed by atoms with Gasteiger partial charge in [0.1, 0.15) is 28.7 Å². The Morgan fingerprint density at radius 1 is 1.24 bits per heavy atom. The molecule has 2 aromatic rings. The molecule has 0 saturated carbocycles. The minimum Gasteiger partial charge on any atom is -0.478 e. The number of carbonyl (C=O) groups is 2. The van der Waals surface area contributed by atoms with E-state index in [2.05, 4.69) is 5.32 Å². The first-order chi connectivity index (χ1) is 9.88. The number of halogens is 2. The minimum atomic E-state index is -1.15. The van der Waals surface area contributed by atoms with Crippen molar-refractivity contribution in [3.63, 3.8) is 0 Å². The van der Waals surface area contributed by atoms with Crippen LogP contribution in [0.2, 0.25) is 0 Å². The molecule has 0 saturated heterocycles. The number of amides is 1. The topological polar surface area (TPSA) is 79.5 Å². The molecule has 0 aliphatic heterocycles. The maximum Gasteiger partial charge on any atom is 0.339 e. The summed E-state index contributed by atoms with van der Waals surface area (Å²) >= 11 is 0. The smallest absolute Gasteiger partial charge is 0.339 e. The number of carboxylic acids is 1. The number of carboxylic acid groups (broad SMARTS) is 1. The van der Waals surface area contributed by atoms with Crippen LogP contribution >= 0.6 is 0 Å². The number of nitrogens with one attached hydrogen (secondary N) is 1. The van der Waals surface area contributed by atoms with Crippen molar-refractivity contribution < 1.29 is 27.9 Å². The fraction of sp³-hybridized carbons (Fsp3) is 0.143. The SMILES string of the molecule is Cc1oc(CNC(=O)c2cc(F)ccc2F)cc1C(=O)O. The van der Waals surface area contributed by atoms with Crippen molar-refractivity contribution in [1.29, 1.82) is 0 Å². The average Bonchev–Trinajstić information content (AvgIpc) is 2.80. The van der Waals surface area contributed by atoms with E-state index in [0.717, 1.165) is 18.2 Å². The van der Waals surface area contributed by atoms with Gasteiger partial charge in [0.05, 0.1) is 12.1 Å². The second kappa shape index (κ2) is 5.74. The van der Waals surface area contributed by atoms with Gasteiger partial charge in [0, 0.05) is 0 Å². The molecule has 0 unspecified atom stereocenters. The highest BCUT2D eigenvalue weighted by molar-refractivity contribution is 5.94. The summed E-state index contributed by atoms with van der Waals surface area (Å²) < 4.78 is 31.5. The molecule has 0 fully saturated rings. The molecule has 0 aliphatic carbocycles. The average molecular weight is 295 g/mol.